The van der Waals surface area contributed by atoms with Crippen LogP contribution in [0.25, 0.3) is 0 Å². The van der Waals surface area contributed by atoms with Crippen LogP contribution in [0.15, 0.2) is 36.5 Å². The molecule has 0 bridgehead atoms. The van der Waals surface area contributed by atoms with E-state index in [4.69, 9.17) is 4.74 Å². The number of hydrogen-bond donors (Lipinski definition) is 1. The molecule has 3 rings (SSSR count). The summed E-state index contributed by atoms with van der Waals surface area (Å²) in [5.74, 6) is 0.928. The second-order valence-corrected chi connectivity index (χ2v) is 6.69. The number of nitrogens with one attached hydrogen (secondary N) is 1. The van der Waals surface area contributed by atoms with Gasteiger partial charge in [0.05, 0.1) is 11.6 Å². The van der Waals surface area contributed by atoms with E-state index in [0.29, 0.717) is 6.61 Å². The molecule has 21 heavy (non-hydrogen) atoms. The average molecular weight is 302 g/mol. The van der Waals surface area contributed by atoms with Crippen LogP contribution in [0.4, 0.5) is 0 Å². The van der Waals surface area contributed by atoms with Gasteiger partial charge in [-0.15, -0.1) is 11.3 Å². The van der Waals surface area contributed by atoms with Crippen molar-refractivity contribution in [2.75, 3.05) is 6.61 Å². The second kappa shape index (κ2) is 7.57. The number of nitrogens with zero attached hydrogens (tertiary/aromatic N) is 1. The fraction of sp³-hybridized carbons (Fsp3) is 0.471. The molecule has 1 fully saturated rings. The van der Waals surface area contributed by atoms with E-state index in [1.807, 2.05) is 36.5 Å². The Bertz CT molecular complexity index is 535. The Morgan fingerprint density at radius 2 is 2.00 bits per heavy atom. The van der Waals surface area contributed by atoms with Gasteiger partial charge < -0.3 is 10.1 Å². The van der Waals surface area contributed by atoms with Crippen LogP contribution >= 0.6 is 11.3 Å². The summed E-state index contributed by atoms with van der Waals surface area (Å²) in [6.45, 7) is 1.65. The summed E-state index contributed by atoms with van der Waals surface area (Å²) < 4.78 is 5.71. The Labute approximate surface area is 130 Å². The minimum atomic E-state index is 0.688. The summed E-state index contributed by atoms with van der Waals surface area (Å²) in [6.07, 6.45) is 8.30. The van der Waals surface area contributed by atoms with E-state index in [-0.39, 0.29) is 0 Å². The molecular weight excluding hydrogens is 280 g/mol. The highest BCUT2D eigenvalue weighted by Gasteiger charge is 2.14. The fourth-order valence-corrected chi connectivity index (χ4v) is 3.55. The first kappa shape index (κ1) is 14.5. The number of thiazole rings is 1. The Morgan fingerprint density at radius 1 is 1.19 bits per heavy atom. The standard InChI is InChI=1S/C17H22N2OS/c1-2-8-15(9-3-1)20-11-10-17-19-13-16(21-17)12-18-14-6-4-5-7-14/h1-3,8-9,13-14,18H,4-7,10-12H2. The van der Waals surface area contributed by atoms with Crippen molar-refractivity contribution in [3.63, 3.8) is 0 Å². The predicted octanol–water partition coefficient (Wildman–Crippen LogP) is 3.80. The largest absolute Gasteiger partial charge is 0.493 e. The van der Waals surface area contributed by atoms with Crippen molar-refractivity contribution in [3.05, 3.63) is 46.4 Å². The normalized spacial score (nSPS) is 15.4. The Morgan fingerprint density at radius 3 is 2.81 bits per heavy atom. The number of hydrogen-bond acceptors (Lipinski definition) is 4. The van der Waals surface area contributed by atoms with Gasteiger partial charge in [-0.05, 0) is 25.0 Å². The summed E-state index contributed by atoms with van der Waals surface area (Å²) in [4.78, 5) is 5.82. The minimum Gasteiger partial charge on any atom is -0.493 e. The maximum atomic E-state index is 5.71. The van der Waals surface area contributed by atoms with E-state index >= 15 is 0 Å². The van der Waals surface area contributed by atoms with Crippen LogP contribution in [0.3, 0.4) is 0 Å². The van der Waals surface area contributed by atoms with Crippen molar-refractivity contribution in [2.45, 2.75) is 44.7 Å². The van der Waals surface area contributed by atoms with Gasteiger partial charge in [0.25, 0.3) is 0 Å². The number of benzene rings is 1. The summed E-state index contributed by atoms with van der Waals surface area (Å²) in [6, 6.07) is 10.7. The maximum Gasteiger partial charge on any atom is 0.119 e. The molecule has 0 radical (unpaired) electrons. The van der Waals surface area contributed by atoms with Crippen LogP contribution in [0, 0.1) is 0 Å². The number of aromatic nitrogens is 1. The van der Waals surface area contributed by atoms with E-state index in [2.05, 4.69) is 10.3 Å². The molecule has 2 aromatic rings. The molecule has 1 heterocycles. The third-order valence-corrected chi connectivity index (χ3v) is 4.91. The zero-order chi connectivity index (χ0) is 14.3. The summed E-state index contributed by atoms with van der Waals surface area (Å²) in [5, 5.41) is 4.79. The summed E-state index contributed by atoms with van der Waals surface area (Å²) in [5.41, 5.74) is 0. The van der Waals surface area contributed by atoms with E-state index in [0.717, 1.165) is 29.8 Å². The quantitative estimate of drug-likeness (QED) is 0.845. The molecule has 0 saturated heterocycles. The molecule has 0 spiro atoms. The van der Waals surface area contributed by atoms with Gasteiger partial charge in [-0.2, -0.15) is 0 Å². The lowest BCUT2D eigenvalue weighted by atomic mass is 10.2. The number of ether oxygens (including phenoxy) is 1. The molecule has 1 aliphatic carbocycles. The lowest BCUT2D eigenvalue weighted by molar-refractivity contribution is 0.322. The number of para-hydroxylation sites is 1. The van der Waals surface area contributed by atoms with Crippen LogP contribution in [0.2, 0.25) is 0 Å². The highest BCUT2D eigenvalue weighted by atomic mass is 32.1. The van der Waals surface area contributed by atoms with E-state index in [1.165, 1.54) is 30.6 Å². The van der Waals surface area contributed by atoms with E-state index in [9.17, 15) is 0 Å². The molecular formula is C17H22N2OS. The van der Waals surface area contributed by atoms with E-state index in [1.54, 1.807) is 11.3 Å². The molecule has 0 unspecified atom stereocenters. The molecule has 1 saturated carbocycles. The molecule has 1 aromatic carbocycles. The van der Waals surface area contributed by atoms with Gasteiger partial charge in [-0.25, -0.2) is 4.98 Å². The molecule has 0 amide bonds. The zero-order valence-electron chi connectivity index (χ0n) is 12.3. The van der Waals surface area contributed by atoms with Crippen molar-refractivity contribution < 1.29 is 4.74 Å². The van der Waals surface area contributed by atoms with Crippen molar-refractivity contribution in [1.29, 1.82) is 0 Å². The molecule has 112 valence electrons. The van der Waals surface area contributed by atoms with Gasteiger partial charge in [-0.3, -0.25) is 0 Å². The third kappa shape index (κ3) is 4.55. The maximum absolute atomic E-state index is 5.71. The monoisotopic (exact) mass is 302 g/mol. The highest BCUT2D eigenvalue weighted by molar-refractivity contribution is 7.11. The van der Waals surface area contributed by atoms with Crippen molar-refractivity contribution in [1.82, 2.24) is 10.3 Å². The molecule has 0 atom stereocenters. The van der Waals surface area contributed by atoms with Crippen molar-refractivity contribution in [3.8, 4) is 5.75 Å². The summed E-state index contributed by atoms with van der Waals surface area (Å²) in [7, 11) is 0. The van der Waals surface area contributed by atoms with Gasteiger partial charge in [0.1, 0.15) is 5.75 Å². The van der Waals surface area contributed by atoms with Crippen LogP contribution in [0.1, 0.15) is 35.6 Å². The first-order chi connectivity index (χ1) is 10.4. The zero-order valence-corrected chi connectivity index (χ0v) is 13.1. The lowest BCUT2D eigenvalue weighted by Gasteiger charge is -2.09. The van der Waals surface area contributed by atoms with Gasteiger partial charge in [0.2, 0.25) is 0 Å². The van der Waals surface area contributed by atoms with Crippen LogP contribution in [0.5, 0.6) is 5.75 Å². The molecule has 1 N–H and O–H groups in total. The second-order valence-electron chi connectivity index (χ2n) is 5.49. The SMILES string of the molecule is c1ccc(OCCc2ncc(CNC3CCCC3)s2)cc1. The Hall–Kier alpha value is -1.39. The fourth-order valence-electron chi connectivity index (χ4n) is 2.69. The third-order valence-electron chi connectivity index (χ3n) is 3.85. The molecule has 0 aliphatic heterocycles. The van der Waals surface area contributed by atoms with E-state index < -0.39 is 0 Å². The van der Waals surface area contributed by atoms with Crippen LogP contribution in [-0.4, -0.2) is 17.6 Å². The number of rotatable bonds is 7. The van der Waals surface area contributed by atoms with Gasteiger partial charge in [0, 0.05) is 30.1 Å². The van der Waals surface area contributed by atoms with Crippen molar-refractivity contribution in [2.24, 2.45) is 0 Å². The molecule has 1 aliphatic rings. The van der Waals surface area contributed by atoms with Gasteiger partial charge in [-0.1, -0.05) is 31.0 Å². The lowest BCUT2D eigenvalue weighted by Crippen LogP contribution is -2.24. The predicted molar refractivity (Wildman–Crippen MR) is 86.9 cm³/mol. The topological polar surface area (TPSA) is 34.1 Å². The molecule has 4 heteroatoms. The summed E-state index contributed by atoms with van der Waals surface area (Å²) >= 11 is 1.80. The molecule has 3 nitrogen and oxygen atoms in total. The van der Waals surface area contributed by atoms with Crippen molar-refractivity contribution >= 4 is 11.3 Å². The van der Waals surface area contributed by atoms with Gasteiger partial charge >= 0.3 is 0 Å². The first-order valence-corrected chi connectivity index (χ1v) is 8.56. The van der Waals surface area contributed by atoms with Crippen LogP contribution in [-0.2, 0) is 13.0 Å². The molecule has 1 aromatic heterocycles. The average Bonchev–Trinajstić information content (AvgIpc) is 3.18. The highest BCUT2D eigenvalue weighted by Crippen LogP contribution is 2.19. The Balaban J connectivity index is 1.40. The smallest absolute Gasteiger partial charge is 0.119 e. The minimum absolute atomic E-state index is 0.688. The first-order valence-electron chi connectivity index (χ1n) is 7.75. The Kier molecular flexibility index (Phi) is 5.24. The van der Waals surface area contributed by atoms with Gasteiger partial charge in [0.15, 0.2) is 0 Å². The van der Waals surface area contributed by atoms with Crippen LogP contribution < -0.4 is 10.1 Å².